The van der Waals surface area contributed by atoms with Crippen LogP contribution in [0.3, 0.4) is 0 Å². The Morgan fingerprint density at radius 1 is 1.03 bits per heavy atom. The lowest BCUT2D eigenvalue weighted by Crippen LogP contribution is -2.58. The third-order valence-electron chi connectivity index (χ3n) is 7.22. The van der Waals surface area contributed by atoms with Crippen molar-refractivity contribution in [1.29, 1.82) is 0 Å². The van der Waals surface area contributed by atoms with E-state index >= 15 is 0 Å². The summed E-state index contributed by atoms with van der Waals surface area (Å²) >= 11 is 0. The summed E-state index contributed by atoms with van der Waals surface area (Å²) in [5, 5.41) is 14.9. The predicted octanol–water partition coefficient (Wildman–Crippen LogP) is 4.25. The summed E-state index contributed by atoms with van der Waals surface area (Å²) < 4.78 is 5.74. The van der Waals surface area contributed by atoms with Crippen LogP contribution in [0.15, 0.2) is 36.4 Å². The Labute approximate surface area is 190 Å². The fraction of sp³-hybridized carbons (Fsp3) is 0.462. The average molecular weight is 432 g/mol. The van der Waals surface area contributed by atoms with Crippen molar-refractivity contribution in [3.05, 3.63) is 58.8 Å². The van der Waals surface area contributed by atoms with Gasteiger partial charge in [-0.05, 0) is 56.5 Å². The van der Waals surface area contributed by atoms with Gasteiger partial charge in [-0.3, -0.25) is 4.90 Å². The van der Waals surface area contributed by atoms with Crippen LogP contribution in [-0.2, 0) is 4.74 Å². The zero-order chi connectivity index (χ0) is 22.2. The molecule has 2 fully saturated rings. The van der Waals surface area contributed by atoms with E-state index in [1.807, 2.05) is 6.92 Å². The highest BCUT2D eigenvalue weighted by Crippen LogP contribution is 2.32. The number of nitrogens with zero attached hydrogens (tertiary/aromatic N) is 4. The van der Waals surface area contributed by atoms with Crippen molar-refractivity contribution >= 4 is 22.3 Å². The highest BCUT2D eigenvalue weighted by atomic mass is 16.5. The summed E-state index contributed by atoms with van der Waals surface area (Å²) in [6, 6.07) is 13.8. The van der Waals surface area contributed by atoms with Crippen molar-refractivity contribution in [2.24, 2.45) is 0 Å². The molecule has 2 aliphatic rings. The minimum Gasteiger partial charge on any atom is -0.378 e. The van der Waals surface area contributed by atoms with E-state index < -0.39 is 0 Å². The number of hydrogen-bond acceptors (Lipinski definition) is 6. The molecule has 2 aliphatic heterocycles. The Morgan fingerprint density at radius 2 is 1.91 bits per heavy atom. The van der Waals surface area contributed by atoms with Crippen LogP contribution in [0.5, 0.6) is 0 Å². The molecule has 1 N–H and O–H groups in total. The third-order valence-corrected chi connectivity index (χ3v) is 7.22. The van der Waals surface area contributed by atoms with Crippen molar-refractivity contribution in [3.8, 4) is 0 Å². The lowest BCUT2D eigenvalue weighted by atomic mass is 9.98. The van der Waals surface area contributed by atoms with Crippen molar-refractivity contribution in [1.82, 2.24) is 15.1 Å². The van der Waals surface area contributed by atoms with Crippen molar-refractivity contribution in [3.63, 3.8) is 0 Å². The van der Waals surface area contributed by atoms with Gasteiger partial charge in [0.15, 0.2) is 5.82 Å². The Kier molecular flexibility index (Phi) is 5.74. The van der Waals surface area contributed by atoms with Gasteiger partial charge in [-0.25, -0.2) is 0 Å². The molecule has 2 aromatic carbocycles. The molecule has 0 amide bonds. The maximum absolute atomic E-state index is 5.74. The normalized spacial score (nSPS) is 20.2. The van der Waals surface area contributed by atoms with Crippen molar-refractivity contribution in [2.45, 2.75) is 39.8 Å². The van der Waals surface area contributed by atoms with Crippen LogP contribution in [0.4, 0.5) is 11.5 Å². The number of benzene rings is 2. The fourth-order valence-electron chi connectivity index (χ4n) is 5.09. The summed E-state index contributed by atoms with van der Waals surface area (Å²) in [7, 11) is 0. The molecule has 6 heteroatoms. The second-order valence-corrected chi connectivity index (χ2v) is 9.23. The first-order valence-electron chi connectivity index (χ1n) is 11.7. The highest BCUT2D eigenvalue weighted by molar-refractivity contribution is 5.95. The maximum atomic E-state index is 5.74. The molecule has 3 aromatic rings. The van der Waals surface area contributed by atoms with Gasteiger partial charge in [0.25, 0.3) is 0 Å². The van der Waals surface area contributed by atoms with Gasteiger partial charge < -0.3 is 15.0 Å². The molecule has 0 radical (unpaired) electrons. The fourth-order valence-corrected chi connectivity index (χ4v) is 5.09. The zero-order valence-corrected chi connectivity index (χ0v) is 19.6. The molecule has 5 rings (SSSR count). The number of piperazine rings is 1. The van der Waals surface area contributed by atoms with E-state index in [1.54, 1.807) is 0 Å². The van der Waals surface area contributed by atoms with Crippen LogP contribution < -0.4 is 10.2 Å². The molecule has 0 aliphatic carbocycles. The van der Waals surface area contributed by atoms with Gasteiger partial charge >= 0.3 is 0 Å². The predicted molar refractivity (Wildman–Crippen MR) is 131 cm³/mol. The van der Waals surface area contributed by atoms with Crippen LogP contribution in [0.25, 0.3) is 10.8 Å². The minimum absolute atomic E-state index is 0.140. The van der Waals surface area contributed by atoms with Gasteiger partial charge in [0, 0.05) is 42.6 Å². The van der Waals surface area contributed by atoms with Gasteiger partial charge in [0.1, 0.15) is 0 Å². The van der Waals surface area contributed by atoms with E-state index in [0.717, 1.165) is 61.7 Å². The Morgan fingerprint density at radius 3 is 2.78 bits per heavy atom. The summed E-state index contributed by atoms with van der Waals surface area (Å²) in [6.07, 6.45) is 0. The second kappa shape index (κ2) is 8.68. The monoisotopic (exact) mass is 431 g/mol. The molecule has 168 valence electrons. The van der Waals surface area contributed by atoms with Gasteiger partial charge in [-0.2, -0.15) is 5.10 Å². The molecular formula is C26H33N5O. The molecule has 2 saturated heterocycles. The molecule has 6 nitrogen and oxygen atoms in total. The van der Waals surface area contributed by atoms with Gasteiger partial charge in [-0.15, -0.1) is 5.10 Å². The van der Waals surface area contributed by atoms with Crippen LogP contribution in [0.2, 0.25) is 0 Å². The van der Waals surface area contributed by atoms with E-state index in [0.29, 0.717) is 6.04 Å². The summed E-state index contributed by atoms with van der Waals surface area (Å²) in [5.74, 6) is 0.848. The zero-order valence-electron chi connectivity index (χ0n) is 19.6. The number of aryl methyl sites for hydroxylation is 2. The van der Waals surface area contributed by atoms with Gasteiger partial charge in [-0.1, -0.05) is 24.3 Å². The number of rotatable bonds is 4. The Bertz CT molecular complexity index is 1130. The molecule has 3 heterocycles. The summed E-state index contributed by atoms with van der Waals surface area (Å²) in [4.78, 5) is 5.05. The number of anilines is 2. The molecule has 0 saturated carbocycles. The molecule has 0 bridgehead atoms. The average Bonchev–Trinajstić information content (AvgIpc) is 2.82. The lowest BCUT2D eigenvalue weighted by molar-refractivity contribution is -0.0116. The highest BCUT2D eigenvalue weighted by Gasteiger charge is 2.29. The molecule has 1 aromatic heterocycles. The van der Waals surface area contributed by atoms with Crippen molar-refractivity contribution < 1.29 is 4.74 Å². The van der Waals surface area contributed by atoms with Crippen LogP contribution >= 0.6 is 0 Å². The Balaban J connectivity index is 1.46. The standard InChI is InChI=1S/C26H33N5O/c1-17-6-5-7-23(18(17)2)19(3)27-26-25-14-21(8-9-24(25)20(4)28-29-26)31-11-10-30-12-13-32-16-22(30)15-31/h5-9,14,19,22H,10-13,15-16H2,1-4H3,(H,27,29)/t19-,22+/m1/s1. The number of fused-ring (bicyclic) bond motifs is 2. The smallest absolute Gasteiger partial charge is 0.157 e. The number of morpholine rings is 1. The number of aromatic nitrogens is 2. The Hall–Kier alpha value is -2.70. The van der Waals surface area contributed by atoms with E-state index in [4.69, 9.17) is 4.74 Å². The van der Waals surface area contributed by atoms with Gasteiger partial charge in [0.2, 0.25) is 0 Å². The van der Waals surface area contributed by atoms with Crippen LogP contribution in [0, 0.1) is 20.8 Å². The lowest BCUT2D eigenvalue weighted by Gasteiger charge is -2.44. The largest absolute Gasteiger partial charge is 0.378 e. The number of ether oxygens (including phenoxy) is 1. The topological polar surface area (TPSA) is 53.5 Å². The van der Waals surface area contributed by atoms with Crippen molar-refractivity contribution in [2.75, 3.05) is 49.6 Å². The first-order valence-corrected chi connectivity index (χ1v) is 11.7. The van der Waals surface area contributed by atoms with Gasteiger partial charge in [0.05, 0.1) is 31.0 Å². The molecule has 32 heavy (non-hydrogen) atoms. The number of nitrogens with one attached hydrogen (secondary N) is 1. The van der Waals surface area contributed by atoms with E-state index in [2.05, 4.69) is 82.5 Å². The third kappa shape index (κ3) is 3.93. The first kappa shape index (κ1) is 21.2. The minimum atomic E-state index is 0.140. The SMILES string of the molecule is Cc1cccc([C@@H](C)Nc2nnc(C)c3ccc(N4CCN5CCOC[C@@H]5C4)cc23)c1C. The first-order chi connectivity index (χ1) is 15.5. The number of hydrogen-bond donors (Lipinski definition) is 1. The van der Waals surface area contributed by atoms with E-state index in [1.165, 1.54) is 22.4 Å². The summed E-state index contributed by atoms with van der Waals surface area (Å²) in [5.41, 5.74) is 6.14. The van der Waals surface area contributed by atoms with Crippen LogP contribution in [-0.4, -0.2) is 60.5 Å². The molecule has 2 atom stereocenters. The quantitative estimate of drug-likeness (QED) is 0.667. The van der Waals surface area contributed by atoms with Crippen LogP contribution in [0.1, 0.15) is 35.3 Å². The molecular weight excluding hydrogens is 398 g/mol. The van der Waals surface area contributed by atoms with E-state index in [9.17, 15) is 0 Å². The summed E-state index contributed by atoms with van der Waals surface area (Å²) in [6.45, 7) is 14.5. The van der Waals surface area contributed by atoms with E-state index in [-0.39, 0.29) is 6.04 Å². The molecule has 0 unspecified atom stereocenters. The maximum Gasteiger partial charge on any atom is 0.157 e. The second-order valence-electron chi connectivity index (χ2n) is 9.23. The molecule has 0 spiro atoms.